The average molecular weight is 197 g/mol. The van der Waals surface area contributed by atoms with Crippen LogP contribution >= 0.6 is 11.3 Å². The van der Waals surface area contributed by atoms with E-state index in [1.807, 2.05) is 11.3 Å². The molecule has 2 nitrogen and oxygen atoms in total. The molecule has 1 aliphatic heterocycles. The number of methoxy groups -OCH3 is 1. The summed E-state index contributed by atoms with van der Waals surface area (Å²) in [5, 5.41) is 3.52. The van der Waals surface area contributed by atoms with E-state index in [0.29, 0.717) is 6.04 Å². The van der Waals surface area contributed by atoms with Gasteiger partial charge in [-0.15, -0.1) is 11.3 Å². The lowest BCUT2D eigenvalue weighted by Gasteiger charge is -2.24. The second kappa shape index (κ2) is 4.11. The maximum atomic E-state index is 5.22. The summed E-state index contributed by atoms with van der Waals surface area (Å²) in [6.45, 7) is 2.05. The van der Waals surface area contributed by atoms with Gasteiger partial charge >= 0.3 is 0 Å². The lowest BCUT2D eigenvalue weighted by atomic mass is 10.2. The summed E-state index contributed by atoms with van der Waals surface area (Å²) in [6.07, 6.45) is 2.57. The number of anilines is 1. The van der Waals surface area contributed by atoms with Crippen molar-refractivity contribution in [1.29, 1.82) is 0 Å². The number of ether oxygens (including phenoxy) is 1. The highest BCUT2D eigenvalue weighted by Gasteiger charge is 2.24. The Morgan fingerprint density at radius 2 is 2.62 bits per heavy atom. The Kier molecular flexibility index (Phi) is 2.86. The van der Waals surface area contributed by atoms with Crippen molar-refractivity contribution >= 4 is 16.3 Å². The van der Waals surface area contributed by atoms with Gasteiger partial charge in [-0.3, -0.25) is 0 Å². The van der Waals surface area contributed by atoms with Crippen molar-refractivity contribution in [1.82, 2.24) is 0 Å². The van der Waals surface area contributed by atoms with E-state index >= 15 is 0 Å². The van der Waals surface area contributed by atoms with Gasteiger partial charge in [-0.25, -0.2) is 0 Å². The topological polar surface area (TPSA) is 12.5 Å². The van der Waals surface area contributed by atoms with Crippen LogP contribution < -0.4 is 4.90 Å². The molecule has 1 aromatic rings. The maximum Gasteiger partial charge on any atom is 0.0911 e. The highest BCUT2D eigenvalue weighted by atomic mass is 32.1. The Balaban J connectivity index is 2.05. The van der Waals surface area contributed by atoms with Gasteiger partial charge in [-0.2, -0.15) is 0 Å². The third-order valence-electron chi connectivity index (χ3n) is 2.53. The molecule has 0 radical (unpaired) electrons. The van der Waals surface area contributed by atoms with Crippen molar-refractivity contribution in [3.8, 4) is 0 Å². The fourth-order valence-electron chi connectivity index (χ4n) is 1.92. The number of hydrogen-bond donors (Lipinski definition) is 0. The molecule has 0 saturated carbocycles. The van der Waals surface area contributed by atoms with E-state index in [1.165, 1.54) is 24.4 Å². The molecule has 2 heterocycles. The molecule has 0 amide bonds. The molecule has 1 atom stereocenters. The van der Waals surface area contributed by atoms with Crippen LogP contribution in [0, 0.1) is 0 Å². The summed E-state index contributed by atoms with van der Waals surface area (Å²) in [5.74, 6) is 0. The van der Waals surface area contributed by atoms with E-state index in [4.69, 9.17) is 4.74 Å². The Morgan fingerprint density at radius 3 is 3.31 bits per heavy atom. The molecule has 2 rings (SSSR count). The van der Waals surface area contributed by atoms with Gasteiger partial charge in [-0.05, 0) is 30.4 Å². The average Bonchev–Trinajstić information content (AvgIpc) is 2.71. The van der Waals surface area contributed by atoms with Crippen LogP contribution in [0.15, 0.2) is 17.5 Å². The summed E-state index contributed by atoms with van der Waals surface area (Å²) in [6, 6.07) is 4.91. The first-order chi connectivity index (χ1) is 6.42. The van der Waals surface area contributed by atoms with Crippen molar-refractivity contribution in [3.05, 3.63) is 17.5 Å². The van der Waals surface area contributed by atoms with E-state index in [2.05, 4.69) is 22.4 Å². The van der Waals surface area contributed by atoms with Gasteiger partial charge in [0.05, 0.1) is 17.6 Å². The zero-order chi connectivity index (χ0) is 9.10. The molecule has 0 aromatic carbocycles. The zero-order valence-electron chi connectivity index (χ0n) is 7.90. The number of rotatable bonds is 3. The van der Waals surface area contributed by atoms with Crippen LogP contribution in [0.25, 0.3) is 0 Å². The van der Waals surface area contributed by atoms with E-state index in [9.17, 15) is 0 Å². The van der Waals surface area contributed by atoms with Crippen LogP contribution in [0.1, 0.15) is 12.8 Å². The molecule has 0 N–H and O–H groups in total. The minimum Gasteiger partial charge on any atom is -0.383 e. The third-order valence-corrected chi connectivity index (χ3v) is 3.43. The molecular formula is C10H15NOS. The summed E-state index contributed by atoms with van der Waals surface area (Å²) >= 11 is 1.82. The molecule has 0 bridgehead atoms. The number of thiophene rings is 1. The molecule has 1 aromatic heterocycles. The summed E-state index contributed by atoms with van der Waals surface area (Å²) < 4.78 is 5.22. The third kappa shape index (κ3) is 1.86. The molecule has 1 fully saturated rings. The number of nitrogens with zero attached hydrogens (tertiary/aromatic N) is 1. The van der Waals surface area contributed by atoms with Crippen molar-refractivity contribution in [2.24, 2.45) is 0 Å². The van der Waals surface area contributed by atoms with Gasteiger partial charge in [0.15, 0.2) is 0 Å². The fourth-order valence-corrected chi connectivity index (χ4v) is 2.75. The van der Waals surface area contributed by atoms with E-state index in [0.717, 1.165) is 6.61 Å². The van der Waals surface area contributed by atoms with Gasteiger partial charge in [0.2, 0.25) is 0 Å². The minimum absolute atomic E-state index is 0.601. The van der Waals surface area contributed by atoms with E-state index in [1.54, 1.807) is 7.11 Å². The predicted octanol–water partition coefficient (Wildman–Crippen LogP) is 2.36. The van der Waals surface area contributed by atoms with Crippen LogP contribution in [-0.2, 0) is 4.74 Å². The summed E-state index contributed by atoms with van der Waals surface area (Å²) in [7, 11) is 1.78. The Labute approximate surface area is 83.1 Å². The molecule has 0 spiro atoms. The molecule has 0 aliphatic carbocycles. The Morgan fingerprint density at radius 1 is 1.69 bits per heavy atom. The minimum atomic E-state index is 0.601. The quantitative estimate of drug-likeness (QED) is 0.737. The molecule has 13 heavy (non-hydrogen) atoms. The first-order valence-corrected chi connectivity index (χ1v) is 5.59. The maximum absolute atomic E-state index is 5.22. The van der Waals surface area contributed by atoms with Crippen molar-refractivity contribution < 1.29 is 4.74 Å². The van der Waals surface area contributed by atoms with Gasteiger partial charge in [0, 0.05) is 13.7 Å². The fraction of sp³-hybridized carbons (Fsp3) is 0.600. The lowest BCUT2D eigenvalue weighted by Crippen LogP contribution is -2.31. The largest absolute Gasteiger partial charge is 0.383 e. The predicted molar refractivity (Wildman–Crippen MR) is 56.6 cm³/mol. The van der Waals surface area contributed by atoms with Gasteiger partial charge in [0.25, 0.3) is 0 Å². The van der Waals surface area contributed by atoms with Gasteiger partial charge < -0.3 is 9.64 Å². The molecular weight excluding hydrogens is 182 g/mol. The molecule has 3 heteroatoms. The van der Waals surface area contributed by atoms with E-state index in [-0.39, 0.29) is 0 Å². The van der Waals surface area contributed by atoms with Crippen LogP contribution in [0.2, 0.25) is 0 Å². The summed E-state index contributed by atoms with van der Waals surface area (Å²) in [5.41, 5.74) is 0. The van der Waals surface area contributed by atoms with Gasteiger partial charge in [-0.1, -0.05) is 0 Å². The van der Waals surface area contributed by atoms with Crippen LogP contribution in [-0.4, -0.2) is 26.3 Å². The molecule has 0 unspecified atom stereocenters. The van der Waals surface area contributed by atoms with Gasteiger partial charge in [0.1, 0.15) is 0 Å². The van der Waals surface area contributed by atoms with Crippen LogP contribution in [0.4, 0.5) is 5.00 Å². The smallest absolute Gasteiger partial charge is 0.0911 e. The first-order valence-electron chi connectivity index (χ1n) is 4.71. The lowest BCUT2D eigenvalue weighted by molar-refractivity contribution is 0.181. The highest BCUT2D eigenvalue weighted by molar-refractivity contribution is 7.14. The standard InChI is InChI=1S/C10H15NOS/c1-12-8-9-4-2-6-11(9)10-5-3-7-13-10/h3,5,7,9H,2,4,6,8H2,1H3/t9-/m0/s1. The van der Waals surface area contributed by atoms with E-state index < -0.39 is 0 Å². The monoisotopic (exact) mass is 197 g/mol. The van der Waals surface area contributed by atoms with Crippen LogP contribution in [0.5, 0.6) is 0 Å². The van der Waals surface area contributed by atoms with Crippen molar-refractivity contribution in [3.63, 3.8) is 0 Å². The second-order valence-electron chi connectivity index (χ2n) is 3.40. The van der Waals surface area contributed by atoms with Crippen molar-refractivity contribution in [2.75, 3.05) is 25.2 Å². The molecule has 1 aliphatic rings. The Hall–Kier alpha value is -0.540. The number of hydrogen-bond acceptors (Lipinski definition) is 3. The second-order valence-corrected chi connectivity index (χ2v) is 4.32. The molecule has 72 valence electrons. The Bertz CT molecular complexity index is 247. The SMILES string of the molecule is COC[C@@H]1CCCN1c1cccs1. The molecule has 1 saturated heterocycles. The highest BCUT2D eigenvalue weighted by Crippen LogP contribution is 2.29. The van der Waals surface area contributed by atoms with Crippen LogP contribution in [0.3, 0.4) is 0 Å². The first kappa shape index (κ1) is 9.03. The normalized spacial score (nSPS) is 22.5. The summed E-state index contributed by atoms with van der Waals surface area (Å²) in [4.78, 5) is 2.47. The van der Waals surface area contributed by atoms with Crippen molar-refractivity contribution in [2.45, 2.75) is 18.9 Å². The zero-order valence-corrected chi connectivity index (χ0v) is 8.72.